The van der Waals surface area contributed by atoms with Gasteiger partial charge in [-0.2, -0.15) is 10.2 Å². The van der Waals surface area contributed by atoms with Crippen molar-refractivity contribution in [1.29, 1.82) is 5.26 Å². The molecule has 32 heavy (non-hydrogen) atoms. The highest BCUT2D eigenvalue weighted by molar-refractivity contribution is 6.33. The molecule has 3 aromatic rings. The molecule has 1 unspecified atom stereocenters. The Balaban J connectivity index is 1.79. The van der Waals surface area contributed by atoms with Crippen LogP contribution in [-0.2, 0) is 11.3 Å². The van der Waals surface area contributed by atoms with Crippen LogP contribution in [0.3, 0.4) is 0 Å². The Labute approximate surface area is 189 Å². The van der Waals surface area contributed by atoms with Crippen molar-refractivity contribution in [3.63, 3.8) is 0 Å². The summed E-state index contributed by atoms with van der Waals surface area (Å²) in [7, 11) is 0. The molecule has 0 saturated carbocycles. The number of hydrogen-bond acceptors (Lipinski definition) is 8. The number of carboxylic acid groups (broad SMARTS) is 1. The van der Waals surface area contributed by atoms with Crippen LogP contribution in [0.25, 0.3) is 22.8 Å². The molecule has 2 aromatic carbocycles. The van der Waals surface area contributed by atoms with E-state index in [0.29, 0.717) is 27.5 Å². The van der Waals surface area contributed by atoms with Crippen molar-refractivity contribution >= 4 is 17.6 Å². The molecule has 0 aliphatic carbocycles. The normalized spacial score (nSPS) is 11.9. The van der Waals surface area contributed by atoms with Gasteiger partial charge >= 0.3 is 5.97 Å². The van der Waals surface area contributed by atoms with Gasteiger partial charge in [-0.05, 0) is 49.7 Å². The van der Waals surface area contributed by atoms with Gasteiger partial charge < -0.3 is 19.5 Å². The number of aliphatic hydroxyl groups excluding tert-OH is 1. The molecule has 0 aliphatic rings. The summed E-state index contributed by atoms with van der Waals surface area (Å²) < 4.78 is 11.0. The molecular formula is C22H21ClN4O5. The van der Waals surface area contributed by atoms with Crippen molar-refractivity contribution in [2.75, 3.05) is 6.61 Å². The van der Waals surface area contributed by atoms with Gasteiger partial charge in [0.2, 0.25) is 5.82 Å². The van der Waals surface area contributed by atoms with Gasteiger partial charge in [0.05, 0.1) is 23.3 Å². The number of carboxylic acids is 1. The SMILES string of the molecule is CC(C)Oc1ccc(-c2nc(-c3ccc(CNC(CO)C(=O)O)cc3Cl)no2)cc1C#N. The number of halogens is 1. The van der Waals surface area contributed by atoms with E-state index in [1.165, 1.54) is 0 Å². The van der Waals surface area contributed by atoms with Crippen LogP contribution in [0.5, 0.6) is 5.75 Å². The number of nitrogens with zero attached hydrogens (tertiary/aromatic N) is 3. The summed E-state index contributed by atoms with van der Waals surface area (Å²) in [5.41, 5.74) is 2.18. The molecule has 0 fully saturated rings. The molecule has 0 saturated heterocycles. The van der Waals surface area contributed by atoms with Crippen LogP contribution in [0.4, 0.5) is 0 Å². The van der Waals surface area contributed by atoms with Gasteiger partial charge in [0.25, 0.3) is 5.89 Å². The van der Waals surface area contributed by atoms with E-state index in [4.69, 9.17) is 31.1 Å². The lowest BCUT2D eigenvalue weighted by atomic mass is 10.1. The van der Waals surface area contributed by atoms with Crippen molar-refractivity contribution in [1.82, 2.24) is 15.5 Å². The maximum absolute atomic E-state index is 11.0. The van der Waals surface area contributed by atoms with Crippen molar-refractivity contribution in [2.45, 2.75) is 32.5 Å². The zero-order valence-electron chi connectivity index (χ0n) is 17.4. The average Bonchev–Trinajstić information content (AvgIpc) is 3.24. The Morgan fingerprint density at radius 1 is 1.31 bits per heavy atom. The molecule has 1 heterocycles. The number of rotatable bonds is 9. The predicted molar refractivity (Wildman–Crippen MR) is 116 cm³/mol. The maximum Gasteiger partial charge on any atom is 0.323 e. The highest BCUT2D eigenvalue weighted by atomic mass is 35.5. The van der Waals surface area contributed by atoms with Crippen molar-refractivity contribution < 1.29 is 24.3 Å². The summed E-state index contributed by atoms with van der Waals surface area (Å²) in [5, 5.41) is 34.5. The number of benzene rings is 2. The number of hydrogen-bond donors (Lipinski definition) is 3. The minimum Gasteiger partial charge on any atom is -0.490 e. The van der Waals surface area contributed by atoms with Gasteiger partial charge in [-0.15, -0.1) is 0 Å². The van der Waals surface area contributed by atoms with E-state index in [0.717, 1.165) is 5.56 Å². The van der Waals surface area contributed by atoms with E-state index in [9.17, 15) is 10.1 Å². The molecule has 0 aliphatic heterocycles. The Hall–Kier alpha value is -3.45. The van der Waals surface area contributed by atoms with E-state index >= 15 is 0 Å². The van der Waals surface area contributed by atoms with Crippen molar-refractivity contribution in [2.24, 2.45) is 0 Å². The van der Waals surface area contributed by atoms with Crippen LogP contribution in [0.15, 0.2) is 40.9 Å². The maximum atomic E-state index is 11.0. The number of ether oxygens (including phenoxy) is 1. The largest absolute Gasteiger partial charge is 0.490 e. The topological polar surface area (TPSA) is 142 Å². The van der Waals surface area contributed by atoms with Crippen molar-refractivity contribution in [3.05, 3.63) is 52.5 Å². The van der Waals surface area contributed by atoms with Gasteiger partial charge in [-0.3, -0.25) is 10.1 Å². The fraction of sp³-hybridized carbons (Fsp3) is 0.273. The van der Waals surface area contributed by atoms with Crippen molar-refractivity contribution in [3.8, 4) is 34.7 Å². The van der Waals surface area contributed by atoms with E-state index in [1.807, 2.05) is 13.8 Å². The highest BCUT2D eigenvalue weighted by Gasteiger charge is 2.17. The molecule has 3 N–H and O–H groups in total. The van der Waals surface area contributed by atoms with Crippen LogP contribution < -0.4 is 10.1 Å². The molecule has 0 amide bonds. The molecule has 1 aromatic heterocycles. The van der Waals surface area contributed by atoms with Crippen LogP contribution in [-0.4, -0.2) is 45.1 Å². The lowest BCUT2D eigenvalue weighted by Gasteiger charge is -2.12. The second-order valence-electron chi connectivity index (χ2n) is 7.18. The second-order valence-corrected chi connectivity index (χ2v) is 7.59. The summed E-state index contributed by atoms with van der Waals surface area (Å²) in [6, 6.07) is 11.2. The fourth-order valence-corrected chi connectivity index (χ4v) is 3.17. The molecule has 166 valence electrons. The number of nitriles is 1. The first-order valence-electron chi connectivity index (χ1n) is 9.73. The van der Waals surface area contributed by atoms with Gasteiger partial charge in [-0.1, -0.05) is 22.8 Å². The number of nitrogens with one attached hydrogen (secondary N) is 1. The van der Waals surface area contributed by atoms with Crippen LogP contribution in [0.1, 0.15) is 25.0 Å². The zero-order valence-corrected chi connectivity index (χ0v) is 18.1. The van der Waals surface area contributed by atoms with E-state index in [2.05, 4.69) is 21.5 Å². The minimum absolute atomic E-state index is 0.0677. The lowest BCUT2D eigenvalue weighted by Crippen LogP contribution is -2.39. The first-order valence-corrected chi connectivity index (χ1v) is 10.1. The van der Waals surface area contributed by atoms with E-state index < -0.39 is 18.6 Å². The monoisotopic (exact) mass is 456 g/mol. The molecule has 3 rings (SSSR count). The Morgan fingerprint density at radius 2 is 2.09 bits per heavy atom. The fourth-order valence-electron chi connectivity index (χ4n) is 2.88. The highest BCUT2D eigenvalue weighted by Crippen LogP contribution is 2.30. The summed E-state index contributed by atoms with van der Waals surface area (Å²) in [4.78, 5) is 15.4. The first-order chi connectivity index (χ1) is 15.3. The quantitative estimate of drug-likeness (QED) is 0.442. The summed E-state index contributed by atoms with van der Waals surface area (Å²) >= 11 is 6.37. The van der Waals surface area contributed by atoms with Crippen LogP contribution in [0, 0.1) is 11.3 Å². The molecule has 0 radical (unpaired) electrons. The first kappa shape index (κ1) is 23.2. The Kier molecular flexibility index (Phi) is 7.43. The number of aliphatic hydroxyl groups is 1. The van der Waals surface area contributed by atoms with Crippen LogP contribution in [0.2, 0.25) is 5.02 Å². The van der Waals surface area contributed by atoms with Gasteiger partial charge in [0.1, 0.15) is 17.9 Å². The number of carbonyl (C=O) groups is 1. The second kappa shape index (κ2) is 10.2. The smallest absolute Gasteiger partial charge is 0.323 e. The predicted octanol–water partition coefficient (Wildman–Crippen LogP) is 3.25. The molecule has 1 atom stereocenters. The third-order valence-electron chi connectivity index (χ3n) is 4.44. The number of aliphatic carboxylic acids is 1. The van der Waals surface area contributed by atoms with Gasteiger partial charge in [0, 0.05) is 17.7 Å². The third-order valence-corrected chi connectivity index (χ3v) is 4.76. The molecule has 0 spiro atoms. The molecule has 10 heteroatoms. The summed E-state index contributed by atoms with van der Waals surface area (Å²) in [6.45, 7) is 3.44. The van der Waals surface area contributed by atoms with E-state index in [1.54, 1.807) is 36.4 Å². The Morgan fingerprint density at radius 3 is 2.72 bits per heavy atom. The summed E-state index contributed by atoms with van der Waals surface area (Å²) in [6.07, 6.45) is -0.0677. The Bertz CT molecular complexity index is 1160. The standard InChI is InChI=1S/C22H21ClN4O5/c1-12(2)31-19-6-4-14(8-15(19)9-24)21-26-20(27-32-21)16-5-3-13(7-17(16)23)10-25-18(11-28)22(29)30/h3-8,12,18,25,28H,10-11H2,1-2H3,(H,29,30). The molecular weight excluding hydrogens is 436 g/mol. The lowest BCUT2D eigenvalue weighted by molar-refractivity contribution is -0.140. The summed E-state index contributed by atoms with van der Waals surface area (Å²) in [5.74, 6) is -0.173. The number of aromatic nitrogens is 2. The molecule has 0 bridgehead atoms. The van der Waals surface area contributed by atoms with Crippen LogP contribution >= 0.6 is 11.6 Å². The molecule has 9 nitrogen and oxygen atoms in total. The third kappa shape index (κ3) is 5.42. The minimum atomic E-state index is -1.14. The average molecular weight is 457 g/mol. The van der Waals surface area contributed by atoms with E-state index in [-0.39, 0.29) is 24.4 Å². The van der Waals surface area contributed by atoms with Gasteiger partial charge in [-0.25, -0.2) is 0 Å². The van der Waals surface area contributed by atoms with Gasteiger partial charge in [0.15, 0.2) is 0 Å². The zero-order chi connectivity index (χ0) is 23.3.